The number of piperazine rings is 1. The van der Waals surface area contributed by atoms with Gasteiger partial charge in [0.05, 0.1) is 43.3 Å². The van der Waals surface area contributed by atoms with E-state index in [0.29, 0.717) is 50.1 Å². The van der Waals surface area contributed by atoms with Gasteiger partial charge in [-0.1, -0.05) is 0 Å². The zero-order chi connectivity index (χ0) is 26.8. The summed E-state index contributed by atoms with van der Waals surface area (Å²) in [6, 6.07) is 0.645. The Morgan fingerprint density at radius 2 is 1.89 bits per heavy atom. The quantitative estimate of drug-likeness (QED) is 0.429. The van der Waals surface area contributed by atoms with E-state index in [2.05, 4.69) is 20.5 Å². The summed E-state index contributed by atoms with van der Waals surface area (Å²) >= 11 is 0. The van der Waals surface area contributed by atoms with Gasteiger partial charge < -0.3 is 19.9 Å². The van der Waals surface area contributed by atoms with E-state index in [-0.39, 0.29) is 37.3 Å². The van der Waals surface area contributed by atoms with Crippen LogP contribution in [0.25, 0.3) is 0 Å². The van der Waals surface area contributed by atoms with Crippen LogP contribution >= 0.6 is 0 Å². The second-order valence-electron chi connectivity index (χ2n) is 9.11. The second-order valence-corrected chi connectivity index (χ2v) is 9.11. The number of fused-ring (bicyclic) bond motifs is 3. The molecule has 0 bridgehead atoms. The van der Waals surface area contributed by atoms with Gasteiger partial charge in [-0.2, -0.15) is 36.5 Å². The van der Waals surface area contributed by atoms with Gasteiger partial charge >= 0.3 is 12.4 Å². The molecule has 2 atom stereocenters. The minimum Gasteiger partial charge on any atom is -0.379 e. The summed E-state index contributed by atoms with van der Waals surface area (Å²) in [6.07, 6.45) is -5.35. The van der Waals surface area contributed by atoms with Crippen molar-refractivity contribution in [2.24, 2.45) is 0 Å². The standard InChI is InChI=1S/C23H26F6N6O2/c1-14(33-19-11-32-31-10-18(19)23(27,28)29)13-37-7-4-20(36)34-5-6-35-17(12-34)3-2-15-8-16(22(24,25)26)9-30-21(15)35/h8-11,14,17H,2-7,12-13H2,1H3,(H,31,33)/t14-,17-/m0/s1. The lowest BCUT2D eigenvalue weighted by molar-refractivity contribution is -0.138. The largest absolute Gasteiger partial charge is 0.420 e. The number of anilines is 2. The molecular formula is C23H26F6N6O2. The van der Waals surface area contributed by atoms with E-state index in [1.165, 1.54) is 0 Å². The van der Waals surface area contributed by atoms with Gasteiger partial charge in [-0.15, -0.1) is 0 Å². The number of amides is 1. The summed E-state index contributed by atoms with van der Waals surface area (Å²) in [6.45, 7) is 3.13. The van der Waals surface area contributed by atoms with Gasteiger partial charge in [-0.05, 0) is 31.4 Å². The Morgan fingerprint density at radius 3 is 2.62 bits per heavy atom. The minimum absolute atomic E-state index is 0.0311. The van der Waals surface area contributed by atoms with Crippen LogP contribution in [0.4, 0.5) is 37.8 Å². The Labute approximate surface area is 209 Å². The summed E-state index contributed by atoms with van der Waals surface area (Å²) in [5.41, 5.74) is -1.33. The average molecular weight is 532 g/mol. The Morgan fingerprint density at radius 1 is 1.14 bits per heavy atom. The molecule has 2 aliphatic heterocycles. The third-order valence-corrected chi connectivity index (χ3v) is 6.39. The number of ether oxygens (including phenoxy) is 1. The molecule has 37 heavy (non-hydrogen) atoms. The van der Waals surface area contributed by atoms with Gasteiger partial charge in [0.2, 0.25) is 5.91 Å². The number of rotatable bonds is 7. The summed E-state index contributed by atoms with van der Waals surface area (Å²) < 4.78 is 83.7. The fourth-order valence-electron chi connectivity index (χ4n) is 4.58. The van der Waals surface area contributed by atoms with Crippen molar-refractivity contribution in [3.63, 3.8) is 0 Å². The van der Waals surface area contributed by atoms with Gasteiger partial charge in [0.15, 0.2) is 0 Å². The number of nitrogens with zero attached hydrogens (tertiary/aromatic N) is 5. The molecule has 0 aliphatic carbocycles. The Bertz CT molecular complexity index is 1110. The molecule has 4 heterocycles. The SMILES string of the molecule is C[C@@H](COCCC(=O)N1CCN2c3ncc(C(F)(F)F)cc3CC[C@H]2C1)Nc1cnncc1C(F)(F)F. The molecule has 2 aromatic rings. The van der Waals surface area contributed by atoms with E-state index in [4.69, 9.17) is 4.74 Å². The van der Waals surface area contributed by atoms with E-state index in [1.807, 2.05) is 4.90 Å². The number of nitrogens with one attached hydrogen (secondary N) is 1. The van der Waals surface area contributed by atoms with Gasteiger partial charge in [0.25, 0.3) is 0 Å². The maximum absolute atomic E-state index is 13.1. The van der Waals surface area contributed by atoms with Crippen molar-refractivity contribution in [3.05, 3.63) is 41.3 Å². The Kier molecular flexibility index (Phi) is 7.76. The fourth-order valence-corrected chi connectivity index (χ4v) is 4.58. The molecule has 0 unspecified atom stereocenters. The first-order chi connectivity index (χ1) is 17.4. The number of pyridine rings is 1. The fraction of sp³-hybridized carbons (Fsp3) is 0.565. The van der Waals surface area contributed by atoms with Crippen LogP contribution in [0.15, 0.2) is 24.7 Å². The van der Waals surface area contributed by atoms with Crippen LogP contribution in [-0.4, -0.2) is 70.9 Å². The number of hydrogen-bond acceptors (Lipinski definition) is 7. The van der Waals surface area contributed by atoms with Crippen LogP contribution in [0.5, 0.6) is 0 Å². The van der Waals surface area contributed by atoms with Crippen LogP contribution in [0.2, 0.25) is 0 Å². The molecule has 202 valence electrons. The van der Waals surface area contributed by atoms with Crippen molar-refractivity contribution in [2.75, 3.05) is 43.1 Å². The van der Waals surface area contributed by atoms with Crippen molar-refractivity contribution in [1.29, 1.82) is 0 Å². The van der Waals surface area contributed by atoms with Crippen LogP contribution in [0.1, 0.15) is 36.5 Å². The molecule has 0 radical (unpaired) electrons. The third kappa shape index (κ3) is 6.40. The summed E-state index contributed by atoms with van der Waals surface area (Å²) in [7, 11) is 0. The smallest absolute Gasteiger partial charge is 0.379 e. The van der Waals surface area contributed by atoms with Crippen molar-refractivity contribution >= 4 is 17.4 Å². The molecule has 14 heteroatoms. The third-order valence-electron chi connectivity index (χ3n) is 6.39. The highest BCUT2D eigenvalue weighted by molar-refractivity contribution is 5.76. The number of halogens is 6. The van der Waals surface area contributed by atoms with Crippen LogP contribution in [-0.2, 0) is 28.3 Å². The summed E-state index contributed by atoms with van der Waals surface area (Å²) in [5, 5.41) is 9.46. The number of carbonyl (C=O) groups excluding carboxylic acids is 1. The Balaban J connectivity index is 1.23. The highest BCUT2D eigenvalue weighted by Gasteiger charge is 2.37. The number of carbonyl (C=O) groups is 1. The van der Waals surface area contributed by atoms with E-state index < -0.39 is 29.5 Å². The number of aryl methyl sites for hydroxylation is 1. The van der Waals surface area contributed by atoms with Gasteiger partial charge in [0.1, 0.15) is 11.4 Å². The molecule has 1 fully saturated rings. The topological polar surface area (TPSA) is 83.5 Å². The maximum atomic E-state index is 13.1. The first-order valence-corrected chi connectivity index (χ1v) is 11.8. The van der Waals surface area contributed by atoms with E-state index in [9.17, 15) is 31.1 Å². The van der Waals surface area contributed by atoms with Crippen LogP contribution in [0, 0.1) is 0 Å². The first-order valence-electron chi connectivity index (χ1n) is 11.8. The first kappa shape index (κ1) is 26.9. The molecule has 1 amide bonds. The molecule has 2 aliphatic rings. The normalized spacial score (nSPS) is 18.7. The van der Waals surface area contributed by atoms with Crippen molar-refractivity contribution in [1.82, 2.24) is 20.1 Å². The second kappa shape index (κ2) is 10.7. The molecule has 0 saturated carbocycles. The molecule has 0 spiro atoms. The van der Waals surface area contributed by atoms with Crippen LogP contribution < -0.4 is 10.2 Å². The lowest BCUT2D eigenvalue weighted by Gasteiger charge is -2.45. The zero-order valence-electron chi connectivity index (χ0n) is 19.9. The van der Waals surface area contributed by atoms with Gasteiger partial charge in [-0.25, -0.2) is 4.98 Å². The van der Waals surface area contributed by atoms with Gasteiger partial charge in [0, 0.05) is 37.9 Å². The number of alkyl halides is 6. The number of aromatic nitrogens is 3. The van der Waals surface area contributed by atoms with E-state index >= 15 is 0 Å². The maximum Gasteiger partial charge on any atom is 0.420 e. The van der Waals surface area contributed by atoms with Crippen molar-refractivity contribution < 1.29 is 35.9 Å². The van der Waals surface area contributed by atoms with Crippen LogP contribution in [0.3, 0.4) is 0 Å². The lowest BCUT2D eigenvalue weighted by Crippen LogP contribution is -2.56. The summed E-state index contributed by atoms with van der Waals surface area (Å²) in [4.78, 5) is 20.4. The zero-order valence-corrected chi connectivity index (χ0v) is 19.9. The molecule has 1 saturated heterocycles. The molecule has 2 aromatic heterocycles. The average Bonchev–Trinajstić information content (AvgIpc) is 2.84. The molecule has 1 N–H and O–H groups in total. The predicted octanol–water partition coefficient (Wildman–Crippen LogP) is 3.78. The monoisotopic (exact) mass is 532 g/mol. The molecule has 0 aromatic carbocycles. The van der Waals surface area contributed by atoms with Crippen molar-refractivity contribution in [3.8, 4) is 0 Å². The molecule has 8 nitrogen and oxygen atoms in total. The molecular weight excluding hydrogens is 506 g/mol. The van der Waals surface area contributed by atoms with Crippen molar-refractivity contribution in [2.45, 2.75) is 50.6 Å². The lowest BCUT2D eigenvalue weighted by atomic mass is 9.95. The minimum atomic E-state index is -4.57. The highest BCUT2D eigenvalue weighted by Crippen LogP contribution is 2.36. The molecule has 4 rings (SSSR count). The Hall–Kier alpha value is -3.16. The highest BCUT2D eigenvalue weighted by atomic mass is 19.4. The number of hydrogen-bond donors (Lipinski definition) is 1. The van der Waals surface area contributed by atoms with E-state index in [1.54, 1.807) is 11.8 Å². The van der Waals surface area contributed by atoms with Gasteiger partial charge in [-0.3, -0.25) is 4.79 Å². The van der Waals surface area contributed by atoms with E-state index in [0.717, 1.165) is 18.5 Å². The predicted molar refractivity (Wildman–Crippen MR) is 121 cm³/mol. The summed E-state index contributed by atoms with van der Waals surface area (Å²) in [5.74, 6) is 0.420.